The number of carbonyl (C=O) groups is 1. The number of nitriles is 1. The predicted octanol–water partition coefficient (Wildman–Crippen LogP) is 5.91. The summed E-state index contributed by atoms with van der Waals surface area (Å²) in [5.41, 5.74) is 1.29. The second-order valence-corrected chi connectivity index (χ2v) is 16.1. The lowest BCUT2D eigenvalue weighted by Crippen LogP contribution is -2.55. The first-order chi connectivity index (χ1) is 26.1. The van der Waals surface area contributed by atoms with E-state index < -0.39 is 23.6 Å². The number of hydrogen-bond acceptors (Lipinski definition) is 10. The molecular formula is C40H47ClF2N8O3. The van der Waals surface area contributed by atoms with Gasteiger partial charge in [0, 0.05) is 75.1 Å². The van der Waals surface area contributed by atoms with Crippen LogP contribution in [0.3, 0.4) is 0 Å². The van der Waals surface area contributed by atoms with E-state index in [1.807, 2.05) is 37.0 Å². The van der Waals surface area contributed by atoms with Crippen LogP contribution in [0.4, 0.5) is 14.6 Å². The highest BCUT2D eigenvalue weighted by Gasteiger charge is 2.49. The van der Waals surface area contributed by atoms with E-state index in [9.17, 15) is 14.4 Å². The zero-order valence-electron chi connectivity index (χ0n) is 30.9. The van der Waals surface area contributed by atoms with Crippen molar-refractivity contribution in [3.8, 4) is 23.3 Å². The van der Waals surface area contributed by atoms with E-state index >= 15 is 4.39 Å². The van der Waals surface area contributed by atoms with Crippen LogP contribution in [-0.4, -0.2) is 124 Å². The van der Waals surface area contributed by atoms with Gasteiger partial charge in [0.25, 0.3) is 0 Å². The number of anilines is 1. The third-order valence-corrected chi connectivity index (χ3v) is 12.0. The van der Waals surface area contributed by atoms with Gasteiger partial charge in [-0.1, -0.05) is 29.8 Å². The quantitative estimate of drug-likeness (QED) is 0.231. The molecule has 2 aromatic heterocycles. The molecule has 0 N–H and O–H groups in total. The number of pyridine rings is 1. The molecule has 0 bridgehead atoms. The van der Waals surface area contributed by atoms with Gasteiger partial charge in [-0.2, -0.15) is 15.2 Å². The Labute approximate surface area is 319 Å². The highest BCUT2D eigenvalue weighted by atomic mass is 35.5. The standard InChI is InChI=1S/C40H47ClF2N8O3/c1-25-20-48(21-26(2)54-25)14-4-8-33(52)51-17-16-49(23-29(51)11-13-44)38-31-19-45-36(30-6-3-7-32(41)34(30)27-9-10-27)35(43)37(31)46-39(47-38)53-24-40-12-5-15-50(40)22-28(42)18-40/h3-4,6-8,19,25-29H,5,9-12,14-18,20-24H2,1-2H3/b8-4+/t25-,26+,28-,29+,40+/m1/s1. The second-order valence-electron chi connectivity index (χ2n) is 15.7. The first-order valence-electron chi connectivity index (χ1n) is 19.3. The molecule has 5 fully saturated rings. The van der Waals surface area contributed by atoms with Crippen LogP contribution in [0.2, 0.25) is 5.02 Å². The summed E-state index contributed by atoms with van der Waals surface area (Å²) in [6.45, 7) is 8.71. The third kappa shape index (κ3) is 7.38. The molecule has 14 heteroatoms. The Balaban J connectivity index is 1.10. The summed E-state index contributed by atoms with van der Waals surface area (Å²) >= 11 is 6.65. The summed E-state index contributed by atoms with van der Waals surface area (Å²) in [5, 5.41) is 10.8. The Morgan fingerprint density at radius 2 is 1.96 bits per heavy atom. The maximum atomic E-state index is 16.9. The maximum absolute atomic E-state index is 16.9. The lowest BCUT2D eigenvalue weighted by atomic mass is 9.95. The Hall–Kier alpha value is -3.96. The number of halogens is 3. The molecule has 54 heavy (non-hydrogen) atoms. The van der Waals surface area contributed by atoms with Gasteiger partial charge in [0.05, 0.1) is 41.7 Å². The Kier molecular flexibility index (Phi) is 10.5. The van der Waals surface area contributed by atoms with Crippen molar-refractivity contribution < 1.29 is 23.0 Å². The number of aromatic nitrogens is 3. The minimum absolute atomic E-state index is 0.00406. The van der Waals surface area contributed by atoms with Crippen LogP contribution >= 0.6 is 11.6 Å². The number of alkyl halides is 1. The zero-order chi connectivity index (χ0) is 37.6. The molecule has 4 saturated heterocycles. The van der Waals surface area contributed by atoms with E-state index in [-0.39, 0.29) is 54.3 Å². The van der Waals surface area contributed by atoms with Gasteiger partial charge in [-0.3, -0.25) is 19.6 Å². The molecule has 0 spiro atoms. The number of fused-ring (bicyclic) bond motifs is 2. The highest BCUT2D eigenvalue weighted by Crippen LogP contribution is 2.48. The lowest BCUT2D eigenvalue weighted by molar-refractivity contribution is -0.128. The maximum Gasteiger partial charge on any atom is 0.319 e. The molecule has 0 unspecified atom stereocenters. The average molecular weight is 761 g/mol. The summed E-state index contributed by atoms with van der Waals surface area (Å²) < 4.78 is 43.7. The van der Waals surface area contributed by atoms with Gasteiger partial charge in [0.15, 0.2) is 5.82 Å². The van der Waals surface area contributed by atoms with Crippen molar-refractivity contribution in [1.29, 1.82) is 5.26 Å². The number of benzene rings is 1. The van der Waals surface area contributed by atoms with Crippen molar-refractivity contribution in [2.45, 2.75) is 88.3 Å². The number of carbonyl (C=O) groups excluding carboxylic acids is 1. The van der Waals surface area contributed by atoms with Crippen molar-refractivity contribution in [2.75, 3.05) is 63.9 Å². The summed E-state index contributed by atoms with van der Waals surface area (Å²) in [7, 11) is 0. The fourth-order valence-electron chi connectivity index (χ4n) is 9.14. The number of ether oxygens (including phenoxy) is 2. The number of hydrogen-bond donors (Lipinski definition) is 0. The highest BCUT2D eigenvalue weighted by molar-refractivity contribution is 6.32. The van der Waals surface area contributed by atoms with Gasteiger partial charge in [0.1, 0.15) is 29.8 Å². The molecule has 6 heterocycles. The van der Waals surface area contributed by atoms with Gasteiger partial charge < -0.3 is 19.3 Å². The Bertz CT molecular complexity index is 1970. The summed E-state index contributed by atoms with van der Waals surface area (Å²) in [6, 6.07) is 7.28. The first kappa shape index (κ1) is 37.0. The molecule has 1 aromatic carbocycles. The number of piperazine rings is 1. The van der Waals surface area contributed by atoms with Crippen molar-refractivity contribution in [3.05, 3.63) is 53.0 Å². The van der Waals surface area contributed by atoms with Crippen molar-refractivity contribution >= 4 is 34.2 Å². The van der Waals surface area contributed by atoms with Gasteiger partial charge in [-0.05, 0) is 63.6 Å². The van der Waals surface area contributed by atoms with E-state index in [2.05, 4.69) is 25.8 Å². The molecule has 0 radical (unpaired) electrons. The zero-order valence-corrected chi connectivity index (χ0v) is 31.6. The van der Waals surface area contributed by atoms with Gasteiger partial charge in [0.2, 0.25) is 5.91 Å². The molecule has 4 aliphatic heterocycles. The van der Waals surface area contributed by atoms with Gasteiger partial charge in [-0.25, -0.2) is 8.78 Å². The number of rotatable bonds is 10. The Morgan fingerprint density at radius 1 is 1.15 bits per heavy atom. The van der Waals surface area contributed by atoms with Crippen LogP contribution in [0.25, 0.3) is 22.2 Å². The van der Waals surface area contributed by atoms with Crippen LogP contribution in [0.1, 0.15) is 63.9 Å². The van der Waals surface area contributed by atoms with Crippen LogP contribution in [-0.2, 0) is 9.53 Å². The fraction of sp³-hybridized carbons (Fsp3) is 0.575. The van der Waals surface area contributed by atoms with Crippen LogP contribution < -0.4 is 9.64 Å². The Morgan fingerprint density at radius 3 is 2.74 bits per heavy atom. The van der Waals surface area contributed by atoms with Crippen LogP contribution in [0, 0.1) is 17.1 Å². The second kappa shape index (κ2) is 15.3. The molecule has 5 atom stereocenters. The normalized spacial score (nSPS) is 27.9. The third-order valence-electron chi connectivity index (χ3n) is 11.7. The van der Waals surface area contributed by atoms with Crippen molar-refractivity contribution in [2.24, 2.45) is 0 Å². The number of nitrogens with zero attached hydrogens (tertiary/aromatic N) is 8. The van der Waals surface area contributed by atoms with E-state index in [1.165, 1.54) is 0 Å². The smallest absolute Gasteiger partial charge is 0.319 e. The first-order valence-corrected chi connectivity index (χ1v) is 19.6. The number of amides is 1. The monoisotopic (exact) mass is 760 g/mol. The molecule has 3 aromatic rings. The molecule has 8 rings (SSSR count). The topological polar surface area (TPSA) is 111 Å². The fourth-order valence-corrected chi connectivity index (χ4v) is 9.47. The molecule has 286 valence electrons. The lowest BCUT2D eigenvalue weighted by Gasteiger charge is -2.41. The largest absolute Gasteiger partial charge is 0.461 e. The van der Waals surface area contributed by atoms with Gasteiger partial charge >= 0.3 is 6.01 Å². The molecule has 5 aliphatic rings. The van der Waals surface area contributed by atoms with E-state index in [1.54, 1.807) is 23.2 Å². The van der Waals surface area contributed by atoms with Crippen molar-refractivity contribution in [1.82, 2.24) is 29.7 Å². The predicted molar refractivity (Wildman–Crippen MR) is 202 cm³/mol. The summed E-state index contributed by atoms with van der Waals surface area (Å²) in [4.78, 5) is 35.8. The summed E-state index contributed by atoms with van der Waals surface area (Å²) in [5.74, 6) is -0.0954. The van der Waals surface area contributed by atoms with Crippen molar-refractivity contribution in [3.63, 3.8) is 0 Å². The molecule has 1 amide bonds. The van der Waals surface area contributed by atoms with Crippen LogP contribution in [0.15, 0.2) is 36.5 Å². The minimum atomic E-state index is -0.927. The van der Waals surface area contributed by atoms with Crippen LogP contribution in [0.5, 0.6) is 6.01 Å². The minimum Gasteiger partial charge on any atom is -0.461 e. The van der Waals surface area contributed by atoms with Gasteiger partial charge in [-0.15, -0.1) is 0 Å². The van der Waals surface area contributed by atoms with E-state index in [4.69, 9.17) is 26.1 Å². The van der Waals surface area contributed by atoms with E-state index in [0.717, 1.165) is 50.9 Å². The molecule has 1 aliphatic carbocycles. The average Bonchev–Trinajstić information content (AvgIpc) is 3.83. The summed E-state index contributed by atoms with van der Waals surface area (Å²) in [6.07, 6.45) is 8.61. The number of morpholine rings is 1. The van der Waals surface area contributed by atoms with E-state index in [0.29, 0.717) is 60.9 Å². The molecule has 11 nitrogen and oxygen atoms in total. The molecule has 1 saturated carbocycles. The SMILES string of the molecule is C[C@@H]1CN(C/C=C/C(=O)N2CCN(c3nc(OC[C@@]45CCCN4C[C@H](F)C5)nc4c(F)c(-c5cccc(Cl)c5C5CC5)ncc34)C[C@@H]2CC#N)C[C@H](C)O1. The molecular weight excluding hydrogens is 714 g/mol.